The number of anilines is 3. The number of carboxylic acids is 1. The second-order valence-corrected chi connectivity index (χ2v) is 19.8. The molecule has 0 spiro atoms. The van der Waals surface area contributed by atoms with Crippen LogP contribution in [0.3, 0.4) is 0 Å². The number of fused-ring (bicyclic) bond motifs is 2. The molecule has 12 heteroatoms. The Hall–Kier alpha value is -5.48. The molecule has 358 valence electrons. The highest BCUT2D eigenvalue weighted by molar-refractivity contribution is 7.71. The van der Waals surface area contributed by atoms with Gasteiger partial charge in [0.1, 0.15) is 23.2 Å². The van der Waals surface area contributed by atoms with Gasteiger partial charge in [-0.3, -0.25) is 0 Å². The van der Waals surface area contributed by atoms with E-state index < -0.39 is 5.97 Å². The number of hydrogen-bond donors (Lipinski definition) is 1. The van der Waals surface area contributed by atoms with Crippen LogP contribution in [0.2, 0.25) is 0 Å². The zero-order valence-corrected chi connectivity index (χ0v) is 42.9. The molecule has 0 amide bonds. The van der Waals surface area contributed by atoms with Crippen molar-refractivity contribution in [1.29, 1.82) is 5.26 Å². The first-order chi connectivity index (χ1) is 33.2. The number of carboxylic acid groups (broad SMARTS) is 1. The highest BCUT2D eigenvalue weighted by Gasteiger charge is 2.21. The number of aryl methyl sites for hydroxylation is 4. The fourth-order valence-electron chi connectivity index (χ4n) is 9.24. The Morgan fingerprint density at radius 2 is 1.03 bits per heavy atom. The summed E-state index contributed by atoms with van der Waals surface area (Å²) in [7, 11) is 0. The van der Waals surface area contributed by atoms with E-state index in [9.17, 15) is 15.2 Å². The minimum absolute atomic E-state index is 0.307. The van der Waals surface area contributed by atoms with Crippen LogP contribution in [0.1, 0.15) is 135 Å². The Balaban J connectivity index is 1.32. The molecule has 1 N–H and O–H groups in total. The summed E-state index contributed by atoms with van der Waals surface area (Å²) < 4.78 is 17.7. The van der Waals surface area contributed by atoms with Gasteiger partial charge in [-0.05, 0) is 141 Å². The van der Waals surface area contributed by atoms with E-state index in [1.807, 2.05) is 18.2 Å². The normalized spacial score (nSPS) is 11.8. The summed E-state index contributed by atoms with van der Waals surface area (Å²) in [5, 5.41) is 18.6. The first kappa shape index (κ1) is 50.4. The van der Waals surface area contributed by atoms with Gasteiger partial charge in [0.05, 0.1) is 26.9 Å². The first-order valence-electron chi connectivity index (χ1n) is 25.1. The molecule has 68 heavy (non-hydrogen) atoms. The lowest BCUT2D eigenvalue weighted by molar-refractivity contribution is -0.132. The van der Waals surface area contributed by atoms with Crippen LogP contribution in [0.25, 0.3) is 50.1 Å². The smallest absolute Gasteiger partial charge is 0.346 e. The topological polar surface area (TPSA) is 97.2 Å². The van der Waals surface area contributed by atoms with Gasteiger partial charge in [-0.2, -0.15) is 5.26 Å². The summed E-state index contributed by atoms with van der Waals surface area (Å²) >= 11 is 14.0. The molecule has 3 aromatic carbocycles. The predicted octanol–water partition coefficient (Wildman–Crippen LogP) is 17.4. The van der Waals surface area contributed by atoms with E-state index >= 15 is 0 Å². The summed E-state index contributed by atoms with van der Waals surface area (Å²) in [6.07, 6.45) is 20.2. The van der Waals surface area contributed by atoms with Crippen LogP contribution in [0, 0.1) is 20.9 Å². The number of nitriles is 1. The van der Waals surface area contributed by atoms with E-state index in [0.29, 0.717) is 10.6 Å². The maximum absolute atomic E-state index is 11.4. The van der Waals surface area contributed by atoms with Gasteiger partial charge < -0.3 is 32.7 Å². The molecule has 4 aromatic heterocycles. The summed E-state index contributed by atoms with van der Waals surface area (Å²) in [6, 6.07) is 31.7. The van der Waals surface area contributed by atoms with Crippen LogP contribution in [0.15, 0.2) is 94.9 Å². The second-order valence-electron chi connectivity index (χ2n) is 18.0. The maximum atomic E-state index is 11.4. The van der Waals surface area contributed by atoms with E-state index in [-0.39, 0.29) is 5.57 Å². The van der Waals surface area contributed by atoms with Crippen molar-refractivity contribution in [3.8, 4) is 28.0 Å². The van der Waals surface area contributed by atoms with Gasteiger partial charge in [0.15, 0.2) is 9.54 Å². The molecule has 0 aliphatic carbocycles. The Kier molecular flexibility index (Phi) is 18.3. The molecular formula is C56H68N6O3S3. The molecule has 7 aromatic rings. The van der Waals surface area contributed by atoms with Crippen molar-refractivity contribution in [3.63, 3.8) is 0 Å². The number of furan rings is 1. The van der Waals surface area contributed by atoms with Crippen molar-refractivity contribution in [3.05, 3.63) is 105 Å². The van der Waals surface area contributed by atoms with Gasteiger partial charge in [0, 0.05) is 53.7 Å². The molecule has 0 fully saturated rings. The number of nitrogens with zero attached hydrogens (tertiary/aromatic N) is 6. The SMILES string of the molecule is CCCCCCn1c(=S)n(CCCCCC)c2cc(N(c3ccc(-c4ccc(-c5ccc(/C=C(\C#N)C(=O)O)s5)o4)cc3)c3ccc4c(c3)n(CCCCCC)c(=S)n4CCCCCC)ccc21. The lowest BCUT2D eigenvalue weighted by Gasteiger charge is -2.26. The monoisotopic (exact) mass is 968 g/mol. The molecule has 0 aliphatic rings. The molecule has 0 atom stereocenters. The Bertz CT molecular complexity index is 2850. The minimum Gasteiger partial charge on any atom is -0.477 e. The fourth-order valence-corrected chi connectivity index (χ4v) is 10.9. The van der Waals surface area contributed by atoms with Gasteiger partial charge in [0.2, 0.25) is 0 Å². The summed E-state index contributed by atoms with van der Waals surface area (Å²) in [4.78, 5) is 15.3. The number of thiophene rings is 1. The Labute approximate surface area is 417 Å². The quantitative estimate of drug-likeness (QED) is 0.0237. The van der Waals surface area contributed by atoms with Crippen molar-refractivity contribution < 1.29 is 14.3 Å². The van der Waals surface area contributed by atoms with Crippen molar-refractivity contribution in [2.75, 3.05) is 4.90 Å². The highest BCUT2D eigenvalue weighted by Crippen LogP contribution is 2.40. The third-order valence-corrected chi connectivity index (χ3v) is 14.9. The molecule has 7 rings (SSSR count). The standard InChI is InChI=1S/C56H68N6O3S3/c1-5-9-13-17-33-58-47-28-25-44(38-49(47)60(55(58)66)35-19-15-11-7-3)62(45-26-29-48-50(39-45)61(36-20-16-12-8-4)56(67)59(48)34-18-14-10-6-2)43-23-21-41(22-24-43)51-30-31-52(65-51)53-32-27-46(68-53)37-42(40-57)54(63)64/h21-32,37-39H,5-20,33-36H2,1-4H3,(H,63,64)/b42-37+. The largest absolute Gasteiger partial charge is 0.477 e. The fraction of sp³-hybridized carbons (Fsp3) is 0.429. The zero-order chi connectivity index (χ0) is 48.0. The highest BCUT2D eigenvalue weighted by atomic mass is 32.1. The van der Waals surface area contributed by atoms with E-state index in [1.54, 1.807) is 12.1 Å². The molecule has 4 heterocycles. The second kappa shape index (κ2) is 24.7. The summed E-state index contributed by atoms with van der Waals surface area (Å²) in [5.74, 6) is 0.150. The number of aromatic nitrogens is 4. The van der Waals surface area contributed by atoms with Crippen LogP contribution < -0.4 is 4.90 Å². The van der Waals surface area contributed by atoms with Crippen LogP contribution in [-0.2, 0) is 31.0 Å². The van der Waals surface area contributed by atoms with Crippen LogP contribution in [0.5, 0.6) is 0 Å². The van der Waals surface area contributed by atoms with Gasteiger partial charge in [-0.25, -0.2) is 4.79 Å². The third-order valence-electron chi connectivity index (χ3n) is 13.0. The van der Waals surface area contributed by atoms with E-state index in [1.165, 1.54) is 117 Å². The average molecular weight is 969 g/mol. The van der Waals surface area contributed by atoms with Crippen LogP contribution in [0.4, 0.5) is 17.1 Å². The number of hydrogen-bond acceptors (Lipinski definition) is 7. The molecular weight excluding hydrogens is 901 g/mol. The van der Waals surface area contributed by atoms with Gasteiger partial charge in [-0.15, -0.1) is 11.3 Å². The molecule has 0 aliphatic heterocycles. The van der Waals surface area contributed by atoms with Gasteiger partial charge >= 0.3 is 5.97 Å². The van der Waals surface area contributed by atoms with Crippen molar-refractivity contribution in [2.24, 2.45) is 0 Å². The molecule has 9 nitrogen and oxygen atoms in total. The molecule has 0 saturated carbocycles. The Morgan fingerprint density at radius 1 is 0.588 bits per heavy atom. The van der Waals surface area contributed by atoms with Crippen molar-refractivity contribution in [2.45, 2.75) is 157 Å². The third kappa shape index (κ3) is 11.8. The first-order valence-corrected chi connectivity index (χ1v) is 26.8. The number of benzene rings is 3. The predicted molar refractivity (Wildman–Crippen MR) is 289 cm³/mol. The number of aliphatic carboxylic acids is 1. The lowest BCUT2D eigenvalue weighted by Crippen LogP contribution is -2.10. The molecule has 0 bridgehead atoms. The molecule has 0 saturated heterocycles. The lowest BCUT2D eigenvalue weighted by atomic mass is 10.1. The molecule has 0 radical (unpaired) electrons. The van der Waals surface area contributed by atoms with Crippen molar-refractivity contribution >= 4 is 86.9 Å². The zero-order valence-electron chi connectivity index (χ0n) is 40.5. The Morgan fingerprint density at radius 3 is 1.47 bits per heavy atom. The van der Waals surface area contributed by atoms with E-state index in [0.717, 1.165) is 94.7 Å². The van der Waals surface area contributed by atoms with E-state index in [4.69, 9.17) is 28.9 Å². The minimum atomic E-state index is -1.25. The maximum Gasteiger partial charge on any atom is 0.346 e. The average Bonchev–Trinajstić information content (AvgIpc) is 4.14. The molecule has 0 unspecified atom stereocenters. The van der Waals surface area contributed by atoms with Crippen molar-refractivity contribution in [1.82, 2.24) is 18.3 Å². The van der Waals surface area contributed by atoms with Gasteiger partial charge in [0.25, 0.3) is 0 Å². The van der Waals surface area contributed by atoms with E-state index in [2.05, 4.69) is 112 Å². The summed E-state index contributed by atoms with van der Waals surface area (Å²) in [6.45, 7) is 12.7. The van der Waals surface area contributed by atoms with Crippen LogP contribution >= 0.6 is 35.8 Å². The number of carbonyl (C=O) groups is 1. The van der Waals surface area contributed by atoms with Gasteiger partial charge in [-0.1, -0.05) is 105 Å². The number of rotatable bonds is 27. The summed E-state index contributed by atoms with van der Waals surface area (Å²) in [5.41, 5.74) is 8.46. The number of unbranched alkanes of at least 4 members (excludes halogenated alkanes) is 12. The number of imidazole rings is 2. The van der Waals surface area contributed by atoms with Crippen LogP contribution in [-0.4, -0.2) is 29.3 Å².